The van der Waals surface area contributed by atoms with Crippen LogP contribution in [0.15, 0.2) is 29.7 Å². The average molecular weight is 211 g/mol. The molecule has 14 heavy (non-hydrogen) atoms. The van der Waals surface area contributed by atoms with E-state index in [2.05, 4.69) is 10.1 Å². The first kappa shape index (κ1) is 9.46. The molecule has 0 saturated carbocycles. The van der Waals surface area contributed by atoms with Crippen LogP contribution in [0.2, 0.25) is 0 Å². The molecule has 4 heteroatoms. The lowest BCUT2D eigenvalue weighted by Crippen LogP contribution is -2.18. The van der Waals surface area contributed by atoms with Gasteiger partial charge in [-0.05, 0) is 19.1 Å². The van der Waals surface area contributed by atoms with Crippen molar-refractivity contribution in [3.8, 4) is 0 Å². The van der Waals surface area contributed by atoms with E-state index >= 15 is 0 Å². The Labute approximate surface area is 87.7 Å². The van der Waals surface area contributed by atoms with Crippen LogP contribution in [-0.4, -0.2) is 22.2 Å². The van der Waals surface area contributed by atoms with Gasteiger partial charge in [-0.1, -0.05) is 5.16 Å². The molecule has 0 amide bonds. The molecule has 0 spiro atoms. The number of alkyl halides is 1. The summed E-state index contributed by atoms with van der Waals surface area (Å²) in [4.78, 5) is 9.24. The van der Waals surface area contributed by atoms with Crippen molar-refractivity contribution in [1.29, 1.82) is 0 Å². The van der Waals surface area contributed by atoms with Crippen molar-refractivity contribution in [2.45, 2.75) is 24.8 Å². The third kappa shape index (κ3) is 1.87. The van der Waals surface area contributed by atoms with Crippen molar-refractivity contribution < 1.29 is 4.84 Å². The van der Waals surface area contributed by atoms with Crippen molar-refractivity contribution >= 4 is 17.3 Å². The molecule has 2 heterocycles. The highest BCUT2D eigenvalue weighted by atomic mass is 35.5. The highest BCUT2D eigenvalue weighted by molar-refractivity contribution is 6.21. The van der Waals surface area contributed by atoms with Crippen LogP contribution in [0.4, 0.5) is 0 Å². The molecule has 0 aliphatic carbocycles. The first-order valence-corrected chi connectivity index (χ1v) is 4.98. The van der Waals surface area contributed by atoms with Crippen LogP contribution in [-0.2, 0) is 4.84 Å². The van der Waals surface area contributed by atoms with E-state index in [-0.39, 0.29) is 11.5 Å². The molecule has 0 N–H and O–H groups in total. The van der Waals surface area contributed by atoms with Crippen LogP contribution in [0.1, 0.15) is 18.9 Å². The Balaban J connectivity index is 2.09. The minimum atomic E-state index is -0.0204. The number of hydrogen-bond donors (Lipinski definition) is 0. The minimum absolute atomic E-state index is 0.00753. The molecule has 2 unspecified atom stereocenters. The zero-order chi connectivity index (χ0) is 9.97. The number of oxime groups is 1. The molecule has 1 aliphatic rings. The molecule has 0 fully saturated rings. The molecule has 0 aromatic carbocycles. The maximum absolute atomic E-state index is 5.92. The van der Waals surface area contributed by atoms with Gasteiger partial charge in [-0.25, -0.2) is 0 Å². The molecule has 1 aliphatic heterocycles. The fourth-order valence-electron chi connectivity index (χ4n) is 1.35. The summed E-state index contributed by atoms with van der Waals surface area (Å²) in [6.45, 7) is 1.91. The van der Waals surface area contributed by atoms with Gasteiger partial charge < -0.3 is 4.84 Å². The van der Waals surface area contributed by atoms with Crippen LogP contribution in [0.3, 0.4) is 0 Å². The fraction of sp³-hybridized carbons (Fsp3) is 0.400. The molecule has 0 bridgehead atoms. The summed E-state index contributed by atoms with van der Waals surface area (Å²) >= 11 is 5.92. The second-order valence-electron chi connectivity index (χ2n) is 3.31. The standard InChI is InChI=1S/C10H11ClN2O/c1-7(11)10-5-9(13-14-10)8-3-2-4-12-6-8/h2-4,6-7,10H,5H2,1H3. The van der Waals surface area contributed by atoms with E-state index in [9.17, 15) is 0 Å². The first-order valence-electron chi connectivity index (χ1n) is 4.54. The van der Waals surface area contributed by atoms with E-state index in [1.807, 2.05) is 19.1 Å². The van der Waals surface area contributed by atoms with Gasteiger partial charge in [0.1, 0.15) is 6.10 Å². The number of nitrogens with zero attached hydrogens (tertiary/aromatic N) is 2. The fourth-order valence-corrected chi connectivity index (χ4v) is 1.48. The van der Waals surface area contributed by atoms with Gasteiger partial charge in [0.15, 0.2) is 0 Å². The molecule has 0 radical (unpaired) electrons. The van der Waals surface area contributed by atoms with Gasteiger partial charge in [0, 0.05) is 24.4 Å². The van der Waals surface area contributed by atoms with Crippen molar-refractivity contribution in [3.05, 3.63) is 30.1 Å². The first-order chi connectivity index (χ1) is 6.77. The Morgan fingerprint density at radius 3 is 3.07 bits per heavy atom. The number of hydrogen-bond acceptors (Lipinski definition) is 3. The van der Waals surface area contributed by atoms with Crippen LogP contribution in [0.5, 0.6) is 0 Å². The second-order valence-corrected chi connectivity index (χ2v) is 3.99. The summed E-state index contributed by atoms with van der Waals surface area (Å²) in [6.07, 6.45) is 4.27. The minimum Gasteiger partial charge on any atom is -0.390 e. The maximum atomic E-state index is 5.92. The van der Waals surface area contributed by atoms with Gasteiger partial charge in [-0.3, -0.25) is 4.98 Å². The monoisotopic (exact) mass is 210 g/mol. The van der Waals surface area contributed by atoms with Crippen molar-refractivity contribution in [1.82, 2.24) is 4.98 Å². The zero-order valence-corrected chi connectivity index (χ0v) is 8.61. The van der Waals surface area contributed by atoms with E-state index in [0.717, 1.165) is 17.7 Å². The zero-order valence-electron chi connectivity index (χ0n) is 7.85. The lowest BCUT2D eigenvalue weighted by atomic mass is 10.1. The summed E-state index contributed by atoms with van der Waals surface area (Å²) in [6, 6.07) is 3.85. The van der Waals surface area contributed by atoms with Crippen LogP contribution >= 0.6 is 11.6 Å². The molecule has 2 rings (SSSR count). The third-order valence-corrected chi connectivity index (χ3v) is 2.48. The molecule has 1 aromatic rings. The third-order valence-electron chi connectivity index (χ3n) is 2.20. The molecule has 3 nitrogen and oxygen atoms in total. The SMILES string of the molecule is CC(Cl)C1CC(c2cccnc2)=NO1. The smallest absolute Gasteiger partial charge is 0.149 e. The molecule has 2 atom stereocenters. The van der Waals surface area contributed by atoms with Crippen LogP contribution in [0, 0.1) is 0 Å². The quantitative estimate of drug-likeness (QED) is 0.702. The Morgan fingerprint density at radius 2 is 2.50 bits per heavy atom. The highest BCUT2D eigenvalue weighted by Crippen LogP contribution is 2.20. The van der Waals surface area contributed by atoms with Crippen molar-refractivity contribution in [2.75, 3.05) is 0 Å². The summed E-state index contributed by atoms with van der Waals surface area (Å²) in [5.41, 5.74) is 1.93. The van der Waals surface area contributed by atoms with Gasteiger partial charge in [0.2, 0.25) is 0 Å². The predicted octanol–water partition coefficient (Wildman–Crippen LogP) is 2.20. The summed E-state index contributed by atoms with van der Waals surface area (Å²) in [5.74, 6) is 0. The number of halogens is 1. The Hall–Kier alpha value is -1.09. The molecule has 74 valence electrons. The van der Waals surface area contributed by atoms with E-state index in [1.54, 1.807) is 12.4 Å². The number of pyridine rings is 1. The normalized spacial score (nSPS) is 22.7. The van der Waals surface area contributed by atoms with Crippen molar-refractivity contribution in [2.24, 2.45) is 5.16 Å². The summed E-state index contributed by atoms with van der Waals surface area (Å²) in [5, 5.41) is 3.98. The van der Waals surface area contributed by atoms with Gasteiger partial charge in [0.25, 0.3) is 0 Å². The number of rotatable bonds is 2. The van der Waals surface area contributed by atoms with E-state index < -0.39 is 0 Å². The largest absolute Gasteiger partial charge is 0.390 e. The second kappa shape index (κ2) is 3.96. The Bertz CT molecular complexity index is 337. The number of aromatic nitrogens is 1. The topological polar surface area (TPSA) is 34.5 Å². The average Bonchev–Trinajstić information content (AvgIpc) is 2.68. The molecule has 0 saturated heterocycles. The lowest BCUT2D eigenvalue weighted by molar-refractivity contribution is 0.0855. The van der Waals surface area contributed by atoms with Crippen LogP contribution in [0.25, 0.3) is 0 Å². The van der Waals surface area contributed by atoms with Crippen molar-refractivity contribution in [3.63, 3.8) is 0 Å². The Morgan fingerprint density at radius 1 is 1.64 bits per heavy atom. The van der Waals surface area contributed by atoms with Crippen LogP contribution < -0.4 is 0 Å². The molecule has 1 aromatic heterocycles. The van der Waals surface area contributed by atoms with Gasteiger partial charge in [-0.15, -0.1) is 11.6 Å². The Kier molecular flexibility index (Phi) is 2.68. The lowest BCUT2D eigenvalue weighted by Gasteiger charge is -2.08. The summed E-state index contributed by atoms with van der Waals surface area (Å²) in [7, 11) is 0. The maximum Gasteiger partial charge on any atom is 0.149 e. The van der Waals surface area contributed by atoms with Gasteiger partial charge >= 0.3 is 0 Å². The predicted molar refractivity (Wildman–Crippen MR) is 55.6 cm³/mol. The van der Waals surface area contributed by atoms with Gasteiger partial charge in [0.05, 0.1) is 11.1 Å². The van der Waals surface area contributed by atoms with E-state index in [1.165, 1.54) is 0 Å². The van der Waals surface area contributed by atoms with E-state index in [0.29, 0.717) is 0 Å². The highest BCUT2D eigenvalue weighted by Gasteiger charge is 2.25. The van der Waals surface area contributed by atoms with E-state index in [4.69, 9.17) is 16.4 Å². The molecular formula is C10H11ClN2O. The molecular weight excluding hydrogens is 200 g/mol. The summed E-state index contributed by atoms with van der Waals surface area (Å²) < 4.78 is 0. The van der Waals surface area contributed by atoms with Gasteiger partial charge in [-0.2, -0.15) is 0 Å².